The van der Waals surface area contributed by atoms with E-state index < -0.39 is 0 Å². The molecule has 2 N–H and O–H groups in total. The van der Waals surface area contributed by atoms with Crippen molar-refractivity contribution in [2.45, 2.75) is 18.1 Å². The maximum atomic E-state index is 13.7. The lowest BCUT2D eigenvalue weighted by molar-refractivity contribution is 0.141. The minimum absolute atomic E-state index is 0.279. The van der Waals surface area contributed by atoms with Gasteiger partial charge in [-0.05, 0) is 48.9 Å². The molecule has 4 rings (SSSR count). The van der Waals surface area contributed by atoms with E-state index in [1.165, 1.54) is 24.1 Å². The molecule has 0 atom stereocenters. The molecule has 2 aromatic heterocycles. The molecule has 0 bridgehead atoms. The Balaban J connectivity index is 1.52. The number of aliphatic hydroxyl groups is 1. The van der Waals surface area contributed by atoms with Gasteiger partial charge in [-0.25, -0.2) is 14.4 Å². The quantitative estimate of drug-likeness (QED) is 0.595. The molecule has 0 unspecified atom stereocenters. The predicted octanol–water partition coefficient (Wildman–Crippen LogP) is 4.54. The van der Waals surface area contributed by atoms with Crippen LogP contribution in [0.3, 0.4) is 0 Å². The van der Waals surface area contributed by atoms with E-state index in [0.29, 0.717) is 35.2 Å². The van der Waals surface area contributed by atoms with E-state index in [-0.39, 0.29) is 11.9 Å². The second kappa shape index (κ2) is 7.95. The largest absolute Gasteiger partial charge is 0.389 e. The molecule has 0 aliphatic carbocycles. The Bertz CT molecular complexity index is 1010. The first-order valence-electron chi connectivity index (χ1n) is 8.75. The minimum atomic E-state index is -0.330. The Kier molecular flexibility index (Phi) is 5.39. The molecule has 1 aromatic carbocycles. The summed E-state index contributed by atoms with van der Waals surface area (Å²) in [5.41, 5.74) is 2.09. The molecular formula is C20H18ClFN4OS. The Hall–Kier alpha value is -2.35. The molecule has 3 aromatic rings. The lowest BCUT2D eigenvalue weighted by Gasteiger charge is -2.36. The van der Waals surface area contributed by atoms with Gasteiger partial charge in [0, 0.05) is 30.6 Å². The van der Waals surface area contributed by atoms with Crippen molar-refractivity contribution in [3.05, 3.63) is 64.9 Å². The fourth-order valence-corrected chi connectivity index (χ4v) is 3.74. The molecule has 1 fully saturated rings. The predicted molar refractivity (Wildman–Crippen MR) is 111 cm³/mol. The van der Waals surface area contributed by atoms with Gasteiger partial charge in [0.15, 0.2) is 0 Å². The van der Waals surface area contributed by atoms with Crippen molar-refractivity contribution in [3.63, 3.8) is 0 Å². The zero-order chi connectivity index (χ0) is 19.7. The van der Waals surface area contributed by atoms with Gasteiger partial charge in [-0.2, -0.15) is 0 Å². The summed E-state index contributed by atoms with van der Waals surface area (Å²) in [6, 6.07) is 13.8. The van der Waals surface area contributed by atoms with Crippen molar-refractivity contribution in [2.24, 2.45) is 0 Å². The normalized spacial score (nSPS) is 14.1. The second-order valence-electron chi connectivity index (χ2n) is 6.58. The van der Waals surface area contributed by atoms with Gasteiger partial charge in [0.2, 0.25) is 0 Å². The fraction of sp³-hybridized carbons (Fsp3) is 0.200. The summed E-state index contributed by atoms with van der Waals surface area (Å²) in [5.74, 6) is 1.10. The van der Waals surface area contributed by atoms with Crippen LogP contribution in [0.2, 0.25) is 5.02 Å². The molecule has 8 heteroatoms. The molecule has 144 valence electrons. The van der Waals surface area contributed by atoms with E-state index >= 15 is 0 Å². The molecule has 1 saturated heterocycles. The van der Waals surface area contributed by atoms with Crippen LogP contribution >= 0.6 is 23.5 Å². The topological polar surface area (TPSA) is 61.3 Å². The highest BCUT2D eigenvalue weighted by molar-refractivity contribution is 8.00. The van der Waals surface area contributed by atoms with Crippen molar-refractivity contribution in [2.75, 3.05) is 22.7 Å². The van der Waals surface area contributed by atoms with Crippen LogP contribution in [0.4, 0.5) is 16.0 Å². The number of hydrogen-bond donors (Lipinski definition) is 2. The molecular weight excluding hydrogens is 399 g/mol. The number of hydrogen-bond acceptors (Lipinski definition) is 6. The number of aliphatic hydroxyl groups excluding tert-OH is 1. The van der Waals surface area contributed by atoms with Crippen LogP contribution in [0.15, 0.2) is 53.6 Å². The summed E-state index contributed by atoms with van der Waals surface area (Å²) in [7, 11) is 0. The van der Waals surface area contributed by atoms with E-state index in [9.17, 15) is 9.50 Å². The molecule has 0 spiro atoms. The molecule has 1 aliphatic heterocycles. The molecule has 0 saturated carbocycles. The number of rotatable bonds is 5. The maximum Gasteiger partial charge on any atom is 0.136 e. The van der Waals surface area contributed by atoms with Gasteiger partial charge in [-0.3, -0.25) is 0 Å². The Labute approximate surface area is 171 Å². The monoisotopic (exact) mass is 416 g/mol. The Morgan fingerprint density at radius 3 is 2.79 bits per heavy atom. The number of pyridine rings is 2. The van der Waals surface area contributed by atoms with E-state index in [1.54, 1.807) is 18.2 Å². The molecule has 5 nitrogen and oxygen atoms in total. The highest BCUT2D eigenvalue weighted by Crippen LogP contribution is 2.31. The fourth-order valence-electron chi connectivity index (χ4n) is 2.92. The molecule has 3 heterocycles. The van der Waals surface area contributed by atoms with Crippen LogP contribution in [0.1, 0.15) is 5.56 Å². The standard InChI is InChI=1S/C20H18ClFN4OS/c1-12-5-6-13(22)9-15(12)20-16(21)7-8-17(23-20)25-28-19-4-2-3-18(24-19)26-10-14(27)11-26/h2-9,14,27H,10-11H2,1H3,(H,23,25). The second-order valence-corrected chi connectivity index (χ2v) is 7.82. The van der Waals surface area contributed by atoms with Gasteiger partial charge in [0.25, 0.3) is 0 Å². The van der Waals surface area contributed by atoms with Crippen molar-refractivity contribution >= 4 is 35.2 Å². The maximum absolute atomic E-state index is 13.7. The van der Waals surface area contributed by atoms with E-state index in [0.717, 1.165) is 16.4 Å². The summed E-state index contributed by atoms with van der Waals surface area (Å²) in [4.78, 5) is 11.1. The first kappa shape index (κ1) is 19.0. The van der Waals surface area contributed by atoms with Crippen molar-refractivity contribution in [1.82, 2.24) is 9.97 Å². The van der Waals surface area contributed by atoms with Crippen LogP contribution in [0.25, 0.3) is 11.3 Å². The third-order valence-electron chi connectivity index (χ3n) is 4.46. The number of anilines is 2. The summed E-state index contributed by atoms with van der Waals surface area (Å²) in [5, 5.41) is 10.7. The minimum Gasteiger partial charge on any atom is -0.389 e. The summed E-state index contributed by atoms with van der Waals surface area (Å²) >= 11 is 7.63. The van der Waals surface area contributed by atoms with Crippen LogP contribution < -0.4 is 9.62 Å². The van der Waals surface area contributed by atoms with Crippen LogP contribution in [-0.4, -0.2) is 34.3 Å². The molecule has 1 aliphatic rings. The highest BCUT2D eigenvalue weighted by Gasteiger charge is 2.25. The summed E-state index contributed by atoms with van der Waals surface area (Å²) < 4.78 is 16.8. The third-order valence-corrected chi connectivity index (χ3v) is 5.51. The van der Waals surface area contributed by atoms with E-state index in [1.807, 2.05) is 30.0 Å². The summed E-state index contributed by atoms with van der Waals surface area (Å²) in [6.45, 7) is 3.09. The molecule has 0 amide bonds. The van der Waals surface area contributed by atoms with Gasteiger partial charge in [-0.1, -0.05) is 23.7 Å². The smallest absolute Gasteiger partial charge is 0.136 e. The Morgan fingerprint density at radius 1 is 1.18 bits per heavy atom. The zero-order valence-corrected chi connectivity index (χ0v) is 16.6. The van der Waals surface area contributed by atoms with Gasteiger partial charge < -0.3 is 14.7 Å². The van der Waals surface area contributed by atoms with Gasteiger partial charge in [0.1, 0.15) is 22.5 Å². The average molecular weight is 417 g/mol. The number of halogens is 2. The lowest BCUT2D eigenvalue weighted by atomic mass is 10.0. The number of β-amino-alcohol motifs (C(OH)–C–C–N with tert-alkyl or cyclic N) is 1. The summed E-state index contributed by atoms with van der Waals surface area (Å²) in [6.07, 6.45) is -0.279. The number of benzene rings is 1. The number of nitrogens with zero attached hydrogens (tertiary/aromatic N) is 3. The SMILES string of the molecule is Cc1ccc(F)cc1-c1nc(NSc2cccc(N3CC(O)C3)n2)ccc1Cl. The van der Waals surface area contributed by atoms with E-state index in [4.69, 9.17) is 11.6 Å². The van der Waals surface area contributed by atoms with Crippen LogP contribution in [0.5, 0.6) is 0 Å². The van der Waals surface area contributed by atoms with Gasteiger partial charge in [-0.15, -0.1) is 0 Å². The van der Waals surface area contributed by atoms with Crippen molar-refractivity contribution in [3.8, 4) is 11.3 Å². The molecule has 28 heavy (non-hydrogen) atoms. The number of nitrogens with one attached hydrogen (secondary N) is 1. The number of aromatic nitrogens is 2. The van der Waals surface area contributed by atoms with Crippen LogP contribution in [0, 0.1) is 12.7 Å². The van der Waals surface area contributed by atoms with E-state index in [2.05, 4.69) is 14.7 Å². The van der Waals surface area contributed by atoms with Gasteiger partial charge >= 0.3 is 0 Å². The third kappa shape index (κ3) is 4.06. The first-order chi connectivity index (χ1) is 13.5. The molecule has 0 radical (unpaired) electrons. The van der Waals surface area contributed by atoms with Crippen molar-refractivity contribution < 1.29 is 9.50 Å². The zero-order valence-electron chi connectivity index (χ0n) is 15.1. The Morgan fingerprint density at radius 2 is 2.00 bits per heavy atom. The van der Waals surface area contributed by atoms with Crippen LogP contribution in [-0.2, 0) is 0 Å². The van der Waals surface area contributed by atoms with Gasteiger partial charge in [0.05, 0.1) is 16.8 Å². The highest BCUT2D eigenvalue weighted by atomic mass is 35.5. The average Bonchev–Trinajstić information content (AvgIpc) is 2.67. The number of aryl methyl sites for hydroxylation is 1. The lowest BCUT2D eigenvalue weighted by Crippen LogP contribution is -2.51. The van der Waals surface area contributed by atoms with Crippen molar-refractivity contribution in [1.29, 1.82) is 0 Å². The first-order valence-corrected chi connectivity index (χ1v) is 9.95.